The molecule has 1 heterocycles. The molecule has 1 aliphatic rings. The zero-order valence-electron chi connectivity index (χ0n) is 15.4. The predicted octanol–water partition coefficient (Wildman–Crippen LogP) is 4.24. The lowest BCUT2D eigenvalue weighted by atomic mass is 10.1. The molecular weight excluding hydrogens is 347 g/mol. The molecule has 5 nitrogen and oxygen atoms in total. The lowest BCUT2D eigenvalue weighted by molar-refractivity contribution is -0.137. The second-order valence-corrected chi connectivity index (χ2v) is 7.28. The molecule has 2 rings (SSSR count). The molecule has 1 saturated heterocycles. The summed E-state index contributed by atoms with van der Waals surface area (Å²) in [7, 11) is 0. The molecule has 0 aromatic heterocycles. The van der Waals surface area contributed by atoms with E-state index in [4.69, 9.17) is 4.74 Å². The van der Waals surface area contributed by atoms with Gasteiger partial charge in [0.25, 0.3) is 0 Å². The number of alkyl carbamates (subject to hydrolysis) is 1. The van der Waals surface area contributed by atoms with Crippen LogP contribution in [0, 0.1) is 0 Å². The third kappa shape index (κ3) is 6.00. The summed E-state index contributed by atoms with van der Waals surface area (Å²) in [4.78, 5) is 13.6. The number of hydrogen-bond acceptors (Lipinski definition) is 4. The van der Waals surface area contributed by atoms with Gasteiger partial charge in [-0.25, -0.2) is 4.79 Å². The number of benzene rings is 1. The Balaban J connectivity index is 1.98. The highest BCUT2D eigenvalue weighted by Crippen LogP contribution is 2.36. The van der Waals surface area contributed by atoms with Crippen molar-refractivity contribution in [3.05, 3.63) is 23.8 Å². The van der Waals surface area contributed by atoms with E-state index in [1.165, 1.54) is 12.1 Å². The summed E-state index contributed by atoms with van der Waals surface area (Å²) in [5, 5.41) is 5.72. The van der Waals surface area contributed by atoms with Crippen molar-refractivity contribution in [2.45, 2.75) is 45.4 Å². The number of amides is 1. The van der Waals surface area contributed by atoms with Crippen molar-refractivity contribution >= 4 is 17.5 Å². The molecule has 0 atom stereocenters. The second-order valence-electron chi connectivity index (χ2n) is 7.28. The smallest absolute Gasteiger partial charge is 0.416 e. The van der Waals surface area contributed by atoms with Gasteiger partial charge < -0.3 is 20.3 Å². The molecule has 1 aromatic rings. The Morgan fingerprint density at radius 1 is 1.15 bits per heavy atom. The van der Waals surface area contributed by atoms with Crippen LogP contribution in [0.3, 0.4) is 0 Å². The van der Waals surface area contributed by atoms with E-state index in [9.17, 15) is 18.0 Å². The van der Waals surface area contributed by atoms with Gasteiger partial charge >= 0.3 is 12.3 Å². The molecular formula is C18H26F3N3O2. The van der Waals surface area contributed by atoms with E-state index in [0.717, 1.165) is 32.0 Å². The van der Waals surface area contributed by atoms with Crippen molar-refractivity contribution in [1.29, 1.82) is 0 Å². The summed E-state index contributed by atoms with van der Waals surface area (Å²) in [6, 6.07) is 3.71. The maximum Gasteiger partial charge on any atom is 0.416 e. The zero-order chi connectivity index (χ0) is 19.4. The summed E-state index contributed by atoms with van der Waals surface area (Å²) in [5.74, 6) is 0. The third-order valence-electron chi connectivity index (χ3n) is 3.88. The molecule has 0 aliphatic carbocycles. The Bertz CT molecular complexity index is 621. The lowest BCUT2D eigenvalue weighted by Crippen LogP contribution is -2.35. The highest BCUT2D eigenvalue weighted by Gasteiger charge is 2.32. The second kappa shape index (κ2) is 8.05. The molecule has 0 saturated carbocycles. The zero-order valence-corrected chi connectivity index (χ0v) is 15.4. The van der Waals surface area contributed by atoms with Gasteiger partial charge in [0.2, 0.25) is 0 Å². The Labute approximate surface area is 151 Å². The van der Waals surface area contributed by atoms with E-state index >= 15 is 0 Å². The molecule has 1 aliphatic heterocycles. The van der Waals surface area contributed by atoms with Crippen LogP contribution in [0.15, 0.2) is 18.2 Å². The van der Waals surface area contributed by atoms with E-state index < -0.39 is 23.4 Å². The number of nitrogens with zero attached hydrogens (tertiary/aromatic N) is 1. The Kier molecular flexibility index (Phi) is 6.26. The van der Waals surface area contributed by atoms with Crippen molar-refractivity contribution in [2.24, 2.45) is 0 Å². The average molecular weight is 373 g/mol. The first-order valence-corrected chi connectivity index (χ1v) is 8.73. The van der Waals surface area contributed by atoms with Crippen LogP contribution in [0.2, 0.25) is 0 Å². The first-order valence-electron chi connectivity index (χ1n) is 8.73. The van der Waals surface area contributed by atoms with Crippen molar-refractivity contribution in [3.63, 3.8) is 0 Å². The largest absolute Gasteiger partial charge is 0.444 e. The number of nitrogens with one attached hydrogen (secondary N) is 2. The van der Waals surface area contributed by atoms with E-state index in [-0.39, 0.29) is 0 Å². The molecule has 146 valence electrons. The van der Waals surface area contributed by atoms with E-state index in [0.29, 0.717) is 24.5 Å². The minimum atomic E-state index is -4.37. The molecule has 0 spiro atoms. The summed E-state index contributed by atoms with van der Waals surface area (Å²) in [6.07, 6.45) is -2.96. The number of alkyl halides is 3. The molecule has 1 fully saturated rings. The van der Waals surface area contributed by atoms with Gasteiger partial charge in [-0.05, 0) is 51.8 Å². The minimum absolute atomic E-state index is 0.301. The number of rotatable bonds is 5. The van der Waals surface area contributed by atoms with Gasteiger partial charge in [-0.3, -0.25) is 0 Å². The Morgan fingerprint density at radius 2 is 1.81 bits per heavy atom. The highest BCUT2D eigenvalue weighted by atomic mass is 19.4. The van der Waals surface area contributed by atoms with Crippen LogP contribution >= 0.6 is 0 Å². The van der Waals surface area contributed by atoms with Gasteiger partial charge in [0.05, 0.1) is 16.9 Å². The molecule has 26 heavy (non-hydrogen) atoms. The number of hydrogen-bond donors (Lipinski definition) is 2. The van der Waals surface area contributed by atoms with Crippen LogP contribution in [0.5, 0.6) is 0 Å². The van der Waals surface area contributed by atoms with Crippen LogP contribution in [0.25, 0.3) is 0 Å². The third-order valence-corrected chi connectivity index (χ3v) is 3.88. The molecule has 1 amide bonds. The molecule has 0 unspecified atom stereocenters. The quantitative estimate of drug-likeness (QED) is 0.758. The van der Waals surface area contributed by atoms with E-state index in [1.807, 2.05) is 4.90 Å². The number of halogens is 3. The van der Waals surface area contributed by atoms with Gasteiger partial charge in [0, 0.05) is 26.2 Å². The van der Waals surface area contributed by atoms with Gasteiger partial charge in [0.1, 0.15) is 5.60 Å². The maximum absolute atomic E-state index is 13.0. The molecule has 2 N–H and O–H groups in total. The summed E-state index contributed by atoms with van der Waals surface area (Å²) >= 11 is 0. The molecule has 0 bridgehead atoms. The van der Waals surface area contributed by atoms with Crippen LogP contribution in [-0.2, 0) is 10.9 Å². The fourth-order valence-corrected chi connectivity index (χ4v) is 2.75. The van der Waals surface area contributed by atoms with Gasteiger partial charge in [-0.1, -0.05) is 0 Å². The van der Waals surface area contributed by atoms with Gasteiger partial charge in [0.15, 0.2) is 0 Å². The van der Waals surface area contributed by atoms with Crippen LogP contribution < -0.4 is 15.5 Å². The molecule has 1 aromatic carbocycles. The van der Waals surface area contributed by atoms with E-state index in [2.05, 4.69) is 10.6 Å². The average Bonchev–Trinajstić information content (AvgIpc) is 3.03. The van der Waals surface area contributed by atoms with Crippen LogP contribution in [0.1, 0.15) is 39.2 Å². The molecule has 0 radical (unpaired) electrons. The topological polar surface area (TPSA) is 53.6 Å². The fourth-order valence-electron chi connectivity index (χ4n) is 2.75. The predicted molar refractivity (Wildman–Crippen MR) is 95.6 cm³/mol. The fraction of sp³-hybridized carbons (Fsp3) is 0.611. The van der Waals surface area contributed by atoms with Crippen molar-refractivity contribution in [2.75, 3.05) is 36.4 Å². The van der Waals surface area contributed by atoms with Crippen LogP contribution in [0.4, 0.5) is 29.3 Å². The first-order chi connectivity index (χ1) is 12.1. The highest BCUT2D eigenvalue weighted by molar-refractivity contribution is 5.72. The number of carbonyl (C=O) groups is 1. The van der Waals surface area contributed by atoms with Crippen molar-refractivity contribution in [1.82, 2.24) is 5.32 Å². The Hall–Kier alpha value is -2.12. The molecule has 8 heteroatoms. The van der Waals surface area contributed by atoms with Gasteiger partial charge in [-0.15, -0.1) is 0 Å². The van der Waals surface area contributed by atoms with Gasteiger partial charge in [-0.2, -0.15) is 13.2 Å². The maximum atomic E-state index is 13.0. The number of carbonyl (C=O) groups excluding carboxylic acids is 1. The normalized spacial score (nSPS) is 15.1. The monoisotopic (exact) mass is 373 g/mol. The minimum Gasteiger partial charge on any atom is -0.444 e. The van der Waals surface area contributed by atoms with Crippen molar-refractivity contribution < 1.29 is 22.7 Å². The first kappa shape index (κ1) is 20.2. The number of anilines is 2. The number of ether oxygens (including phenoxy) is 1. The standard InChI is InChI=1S/C18H26F3N3O2/c1-17(2,3)26-16(25)23-9-8-22-14-7-6-13(18(19,20)21)12-15(14)24-10-4-5-11-24/h6-7,12,22H,4-5,8-11H2,1-3H3,(H,23,25). The van der Waals surface area contributed by atoms with E-state index in [1.54, 1.807) is 20.8 Å². The summed E-state index contributed by atoms with van der Waals surface area (Å²) < 4.78 is 44.2. The summed E-state index contributed by atoms with van der Waals surface area (Å²) in [5.41, 5.74) is -0.0502. The SMILES string of the molecule is CC(C)(C)OC(=O)NCCNc1ccc(C(F)(F)F)cc1N1CCCC1. The van der Waals surface area contributed by atoms with Crippen molar-refractivity contribution in [3.8, 4) is 0 Å². The Morgan fingerprint density at radius 3 is 2.38 bits per heavy atom. The lowest BCUT2D eigenvalue weighted by Gasteiger charge is -2.24. The van der Waals surface area contributed by atoms with Crippen LogP contribution in [-0.4, -0.2) is 37.9 Å². The summed E-state index contributed by atoms with van der Waals surface area (Å²) in [6.45, 7) is 7.49.